The average Bonchev–Trinajstić information content (AvgIpc) is 3.17. The SMILES string of the molecule is CN(C(=O)c1n[nH]c2cc(C3CCOCC3)ccc12)C1CN2CCC1CC2. The number of rotatable bonds is 3. The van der Waals surface area contributed by atoms with E-state index in [2.05, 4.69) is 33.3 Å². The average molecular weight is 368 g/mol. The van der Waals surface area contributed by atoms with Crippen LogP contribution >= 0.6 is 0 Å². The smallest absolute Gasteiger partial charge is 0.275 e. The molecule has 27 heavy (non-hydrogen) atoms. The fourth-order valence-corrected chi connectivity index (χ4v) is 5.18. The third-order valence-corrected chi connectivity index (χ3v) is 6.92. The van der Waals surface area contributed by atoms with Gasteiger partial charge in [-0.05, 0) is 62.2 Å². The number of ether oxygens (including phenoxy) is 1. The number of hydrogen-bond donors (Lipinski definition) is 1. The van der Waals surface area contributed by atoms with Crippen LogP contribution in [0.25, 0.3) is 10.9 Å². The van der Waals surface area contributed by atoms with Crippen LogP contribution in [0, 0.1) is 5.92 Å². The van der Waals surface area contributed by atoms with Gasteiger partial charge in [-0.3, -0.25) is 9.89 Å². The summed E-state index contributed by atoms with van der Waals surface area (Å²) in [7, 11) is 1.95. The largest absolute Gasteiger partial charge is 0.381 e. The Kier molecular flexibility index (Phi) is 4.40. The number of carbonyl (C=O) groups excluding carboxylic acids is 1. The number of amides is 1. The summed E-state index contributed by atoms with van der Waals surface area (Å²) in [5.74, 6) is 1.22. The number of piperidine rings is 3. The van der Waals surface area contributed by atoms with Crippen LogP contribution in [0.2, 0.25) is 0 Å². The fraction of sp³-hybridized carbons (Fsp3) is 0.619. The number of fused-ring (bicyclic) bond motifs is 4. The van der Waals surface area contributed by atoms with E-state index in [9.17, 15) is 4.79 Å². The first kappa shape index (κ1) is 17.2. The lowest BCUT2D eigenvalue weighted by Gasteiger charge is -2.47. The Labute approximate surface area is 159 Å². The highest BCUT2D eigenvalue weighted by Gasteiger charge is 2.38. The Hall–Kier alpha value is -1.92. The highest BCUT2D eigenvalue weighted by atomic mass is 16.5. The number of carbonyl (C=O) groups is 1. The molecule has 4 saturated heterocycles. The van der Waals surface area contributed by atoms with Crippen molar-refractivity contribution in [1.82, 2.24) is 20.0 Å². The summed E-state index contributed by atoms with van der Waals surface area (Å²) >= 11 is 0. The predicted molar refractivity (Wildman–Crippen MR) is 104 cm³/mol. The van der Waals surface area contributed by atoms with Gasteiger partial charge in [0, 0.05) is 38.2 Å². The Balaban J connectivity index is 1.38. The van der Waals surface area contributed by atoms with Crippen LogP contribution in [0.15, 0.2) is 18.2 Å². The van der Waals surface area contributed by atoms with Crippen LogP contribution in [0.5, 0.6) is 0 Å². The van der Waals surface area contributed by atoms with Gasteiger partial charge in [-0.15, -0.1) is 0 Å². The van der Waals surface area contributed by atoms with Crippen molar-refractivity contribution in [3.05, 3.63) is 29.5 Å². The van der Waals surface area contributed by atoms with Gasteiger partial charge in [0.15, 0.2) is 5.69 Å². The molecule has 1 amide bonds. The predicted octanol–water partition coefficient (Wildman–Crippen LogP) is 2.62. The molecule has 1 aromatic carbocycles. The van der Waals surface area contributed by atoms with E-state index < -0.39 is 0 Å². The van der Waals surface area contributed by atoms with Crippen LogP contribution in [0.4, 0.5) is 0 Å². The number of likely N-dealkylation sites (N-methyl/N-ethyl adjacent to an activating group) is 1. The van der Waals surface area contributed by atoms with Gasteiger partial charge in [-0.1, -0.05) is 12.1 Å². The van der Waals surface area contributed by atoms with E-state index in [1.807, 2.05) is 11.9 Å². The van der Waals surface area contributed by atoms with E-state index in [0.29, 0.717) is 23.6 Å². The molecule has 0 saturated carbocycles. The topological polar surface area (TPSA) is 61.5 Å². The van der Waals surface area contributed by atoms with Crippen molar-refractivity contribution < 1.29 is 9.53 Å². The molecule has 4 fully saturated rings. The molecule has 2 bridgehead atoms. The lowest BCUT2D eigenvalue weighted by Crippen LogP contribution is -2.57. The molecule has 1 atom stereocenters. The summed E-state index contributed by atoms with van der Waals surface area (Å²) in [6, 6.07) is 6.72. The molecule has 4 aliphatic rings. The number of aromatic nitrogens is 2. The zero-order valence-corrected chi connectivity index (χ0v) is 16.0. The van der Waals surface area contributed by atoms with E-state index in [1.54, 1.807) is 0 Å². The van der Waals surface area contributed by atoms with Gasteiger partial charge in [-0.2, -0.15) is 5.10 Å². The number of H-pyrrole nitrogens is 1. The first-order valence-corrected chi connectivity index (χ1v) is 10.3. The van der Waals surface area contributed by atoms with Crippen LogP contribution in [0.3, 0.4) is 0 Å². The van der Waals surface area contributed by atoms with Crippen LogP contribution in [-0.2, 0) is 4.74 Å². The highest BCUT2D eigenvalue weighted by molar-refractivity contribution is 6.04. The van der Waals surface area contributed by atoms with Crippen LogP contribution in [0.1, 0.15) is 47.7 Å². The van der Waals surface area contributed by atoms with Crippen LogP contribution < -0.4 is 0 Å². The quantitative estimate of drug-likeness (QED) is 0.905. The van der Waals surface area contributed by atoms with E-state index >= 15 is 0 Å². The third-order valence-electron chi connectivity index (χ3n) is 6.92. The third kappa shape index (κ3) is 3.05. The Morgan fingerprint density at radius 2 is 2.00 bits per heavy atom. The van der Waals surface area contributed by atoms with Crippen molar-refractivity contribution in [1.29, 1.82) is 0 Å². The number of aromatic amines is 1. The molecule has 2 aromatic rings. The second kappa shape index (κ2) is 6.91. The molecule has 1 N–H and O–H groups in total. The van der Waals surface area contributed by atoms with Crippen molar-refractivity contribution in [2.24, 2.45) is 5.92 Å². The zero-order chi connectivity index (χ0) is 18.4. The summed E-state index contributed by atoms with van der Waals surface area (Å²) in [6.07, 6.45) is 4.54. The molecule has 5 heterocycles. The van der Waals surface area contributed by atoms with Crippen molar-refractivity contribution in [2.75, 3.05) is 39.9 Å². The number of benzene rings is 1. The standard InChI is InChI=1S/C21H28N4O2/c1-24(19-13-25-8-4-15(19)5-9-25)21(26)20-17-3-2-16(12-18(17)22-23-20)14-6-10-27-11-7-14/h2-3,12,14-15,19H,4-11,13H2,1H3,(H,22,23). The molecular weight excluding hydrogens is 340 g/mol. The minimum Gasteiger partial charge on any atom is -0.381 e. The maximum atomic E-state index is 13.2. The summed E-state index contributed by atoms with van der Waals surface area (Å²) in [4.78, 5) is 17.6. The van der Waals surface area contributed by atoms with Crippen molar-refractivity contribution in [3.8, 4) is 0 Å². The minimum atomic E-state index is 0.0406. The van der Waals surface area contributed by atoms with Crippen molar-refractivity contribution >= 4 is 16.8 Å². The summed E-state index contributed by atoms with van der Waals surface area (Å²) in [5, 5.41) is 8.44. The fourth-order valence-electron chi connectivity index (χ4n) is 5.18. The molecule has 0 spiro atoms. The Morgan fingerprint density at radius 1 is 1.22 bits per heavy atom. The van der Waals surface area contributed by atoms with Gasteiger partial charge in [-0.25, -0.2) is 0 Å². The zero-order valence-electron chi connectivity index (χ0n) is 16.0. The molecule has 6 rings (SSSR count). The molecule has 6 nitrogen and oxygen atoms in total. The molecule has 6 heteroatoms. The molecule has 0 radical (unpaired) electrons. The normalized spacial score (nSPS) is 28.6. The Bertz CT molecular complexity index is 834. The summed E-state index contributed by atoms with van der Waals surface area (Å²) in [6.45, 7) is 5.04. The van der Waals surface area contributed by atoms with Gasteiger partial charge < -0.3 is 14.5 Å². The molecule has 144 valence electrons. The second-order valence-electron chi connectivity index (χ2n) is 8.39. The maximum Gasteiger partial charge on any atom is 0.275 e. The van der Waals surface area contributed by atoms with Gasteiger partial charge in [0.05, 0.1) is 5.52 Å². The molecule has 1 unspecified atom stereocenters. The molecule has 1 aromatic heterocycles. The number of nitrogens with zero attached hydrogens (tertiary/aromatic N) is 3. The van der Waals surface area contributed by atoms with E-state index in [0.717, 1.165) is 43.5 Å². The molecule has 0 aliphatic carbocycles. The maximum absolute atomic E-state index is 13.2. The Morgan fingerprint density at radius 3 is 2.70 bits per heavy atom. The van der Waals surface area contributed by atoms with Crippen molar-refractivity contribution in [2.45, 2.75) is 37.6 Å². The second-order valence-corrected chi connectivity index (χ2v) is 8.39. The van der Waals surface area contributed by atoms with E-state index in [1.165, 1.54) is 31.5 Å². The van der Waals surface area contributed by atoms with Crippen molar-refractivity contribution in [3.63, 3.8) is 0 Å². The summed E-state index contributed by atoms with van der Waals surface area (Å²) < 4.78 is 5.48. The van der Waals surface area contributed by atoms with E-state index in [4.69, 9.17) is 4.74 Å². The number of nitrogens with one attached hydrogen (secondary N) is 1. The van der Waals surface area contributed by atoms with Crippen LogP contribution in [-0.4, -0.2) is 71.8 Å². The first-order valence-electron chi connectivity index (χ1n) is 10.3. The highest BCUT2D eigenvalue weighted by Crippen LogP contribution is 2.32. The summed E-state index contributed by atoms with van der Waals surface area (Å²) in [5.41, 5.74) is 2.84. The first-order chi connectivity index (χ1) is 13.2. The van der Waals surface area contributed by atoms with Gasteiger partial charge in [0.25, 0.3) is 5.91 Å². The van der Waals surface area contributed by atoms with E-state index in [-0.39, 0.29) is 5.91 Å². The lowest BCUT2D eigenvalue weighted by molar-refractivity contribution is 0.0160. The number of hydrogen-bond acceptors (Lipinski definition) is 4. The van der Waals surface area contributed by atoms with Gasteiger partial charge >= 0.3 is 0 Å². The molecule has 4 aliphatic heterocycles. The molecular formula is C21H28N4O2. The monoisotopic (exact) mass is 368 g/mol. The minimum absolute atomic E-state index is 0.0406. The van der Waals surface area contributed by atoms with Gasteiger partial charge in [0.1, 0.15) is 0 Å². The lowest BCUT2D eigenvalue weighted by atomic mass is 9.83. The van der Waals surface area contributed by atoms with Gasteiger partial charge in [0.2, 0.25) is 0 Å².